The number of benzene rings is 3. The predicted molar refractivity (Wildman–Crippen MR) is 185 cm³/mol. The van der Waals surface area contributed by atoms with Crippen LogP contribution in [0.1, 0.15) is 55.1 Å². The van der Waals surface area contributed by atoms with E-state index in [1.165, 1.54) is 0 Å². The summed E-state index contributed by atoms with van der Waals surface area (Å²) in [4.78, 5) is 39.8. The van der Waals surface area contributed by atoms with E-state index >= 15 is 0 Å². The molecule has 2 aliphatic heterocycles. The van der Waals surface area contributed by atoms with Crippen molar-refractivity contribution in [1.29, 1.82) is 5.26 Å². The summed E-state index contributed by atoms with van der Waals surface area (Å²) in [6.07, 6.45) is 0. The number of likely N-dealkylation sites (N-methyl/N-ethyl adjacent to an activating group) is 1. The number of rotatable bonds is 8. The maximum absolute atomic E-state index is 14.8. The van der Waals surface area contributed by atoms with Crippen LogP contribution >= 0.6 is 23.2 Å². The summed E-state index contributed by atoms with van der Waals surface area (Å²) < 4.78 is 6.12. The second-order valence-corrected chi connectivity index (χ2v) is 13.4. The summed E-state index contributed by atoms with van der Waals surface area (Å²) in [5.74, 6) is 1.05. The van der Waals surface area contributed by atoms with E-state index in [9.17, 15) is 14.9 Å². The second kappa shape index (κ2) is 14.3. The minimum absolute atomic E-state index is 0.0241. The zero-order chi connectivity index (χ0) is 33.9. The maximum atomic E-state index is 14.8. The van der Waals surface area contributed by atoms with Gasteiger partial charge in [-0.05, 0) is 73.9 Å². The van der Waals surface area contributed by atoms with Crippen molar-refractivity contribution >= 4 is 41.0 Å². The number of amides is 3. The summed E-state index contributed by atoms with van der Waals surface area (Å²) in [6.45, 7) is 8.36. The third-order valence-electron chi connectivity index (χ3n) is 8.72. The Labute approximate surface area is 286 Å². The lowest BCUT2D eigenvalue weighted by Crippen LogP contribution is -2.55. The van der Waals surface area contributed by atoms with Crippen molar-refractivity contribution in [3.8, 4) is 11.8 Å². The highest BCUT2D eigenvalue weighted by atomic mass is 35.5. The maximum Gasteiger partial charge on any atom is 0.326 e. The number of nitrogens with zero attached hydrogens (tertiary/aromatic N) is 6. The van der Waals surface area contributed by atoms with E-state index < -0.39 is 17.5 Å². The number of carbonyl (C=O) groups is 2. The Morgan fingerprint density at radius 2 is 1.55 bits per heavy atom. The second-order valence-electron chi connectivity index (χ2n) is 12.5. The van der Waals surface area contributed by atoms with Crippen LogP contribution in [0, 0.1) is 11.3 Å². The molecule has 0 saturated carbocycles. The first kappa shape index (κ1) is 34.2. The van der Waals surface area contributed by atoms with Gasteiger partial charge in [-0.25, -0.2) is 4.79 Å². The lowest BCUT2D eigenvalue weighted by Gasteiger charge is -2.39. The van der Waals surface area contributed by atoms with Gasteiger partial charge in [0.25, 0.3) is 0 Å². The van der Waals surface area contributed by atoms with Crippen molar-refractivity contribution in [3.63, 3.8) is 0 Å². The Morgan fingerprint density at radius 3 is 2.11 bits per heavy atom. The first-order valence-corrected chi connectivity index (χ1v) is 16.5. The molecule has 2 atom stereocenters. The van der Waals surface area contributed by atoms with Gasteiger partial charge in [-0.1, -0.05) is 53.5 Å². The van der Waals surface area contributed by atoms with Gasteiger partial charge in [0.05, 0.1) is 36.2 Å². The van der Waals surface area contributed by atoms with Gasteiger partial charge in [0, 0.05) is 50.3 Å². The fourth-order valence-corrected chi connectivity index (χ4v) is 6.13. The fraction of sp³-hybridized carbons (Fsp3) is 0.389. The smallest absolute Gasteiger partial charge is 0.326 e. The molecule has 0 spiro atoms. The monoisotopic (exact) mass is 674 g/mol. The number of urea groups is 1. The molecule has 0 radical (unpaired) electrons. The van der Waals surface area contributed by atoms with Crippen LogP contribution in [0.4, 0.5) is 4.79 Å². The average Bonchev–Trinajstić information content (AvgIpc) is 3.46. The van der Waals surface area contributed by atoms with Gasteiger partial charge in [0.2, 0.25) is 5.91 Å². The van der Waals surface area contributed by atoms with E-state index in [4.69, 9.17) is 32.9 Å². The van der Waals surface area contributed by atoms with E-state index in [0.29, 0.717) is 66.5 Å². The molecule has 246 valence electrons. The molecule has 3 aromatic rings. The number of nitriles is 1. The Bertz CT molecular complexity index is 1680. The number of aliphatic imine (C=N–C) groups is 1. The fourth-order valence-electron chi connectivity index (χ4n) is 5.88. The Morgan fingerprint density at radius 1 is 0.957 bits per heavy atom. The Balaban J connectivity index is 1.64. The van der Waals surface area contributed by atoms with Crippen LogP contribution in [-0.4, -0.2) is 90.8 Å². The number of hydrogen-bond acceptors (Lipinski definition) is 6. The molecule has 9 nitrogen and oxygen atoms in total. The topological polar surface area (TPSA) is 92.5 Å². The Kier molecular flexibility index (Phi) is 10.5. The molecule has 0 aromatic heterocycles. The number of amidine groups is 1. The minimum atomic E-state index is -0.793. The van der Waals surface area contributed by atoms with E-state index in [1.54, 1.807) is 23.9 Å². The molecular weight excluding hydrogens is 635 g/mol. The van der Waals surface area contributed by atoms with Crippen LogP contribution in [0.2, 0.25) is 10.0 Å². The van der Waals surface area contributed by atoms with Crippen molar-refractivity contribution in [2.75, 3.05) is 53.4 Å². The van der Waals surface area contributed by atoms with Crippen LogP contribution in [0.25, 0.3) is 0 Å². The molecule has 47 heavy (non-hydrogen) atoms. The Hall–Kier alpha value is -4.10. The third-order valence-corrected chi connectivity index (χ3v) is 9.22. The lowest BCUT2D eigenvalue weighted by atomic mass is 9.85. The van der Waals surface area contributed by atoms with Gasteiger partial charge < -0.3 is 14.5 Å². The van der Waals surface area contributed by atoms with E-state index in [-0.39, 0.29) is 11.9 Å². The highest BCUT2D eigenvalue weighted by Gasteiger charge is 2.45. The van der Waals surface area contributed by atoms with Gasteiger partial charge in [0.1, 0.15) is 17.6 Å². The molecule has 1 saturated heterocycles. The summed E-state index contributed by atoms with van der Waals surface area (Å²) in [7, 11) is 3.49. The summed E-state index contributed by atoms with van der Waals surface area (Å²) >= 11 is 12.6. The number of halogens is 2. The molecule has 2 aliphatic rings. The van der Waals surface area contributed by atoms with E-state index in [1.807, 2.05) is 92.4 Å². The zero-order valence-electron chi connectivity index (χ0n) is 27.4. The molecule has 3 aromatic carbocycles. The van der Waals surface area contributed by atoms with Crippen LogP contribution in [0.3, 0.4) is 0 Å². The molecule has 5 rings (SSSR count). The SMILES string of the molecule is CCOc1ccc(C(C)(C)C#N)cc1C1=N[C@@H](c2ccc(Cl)cc2)[C@@H](c2ccc(Cl)cc2)N1C(=O)N1CCN(CC(=O)N(C)C)CC1. The number of hydrogen-bond donors (Lipinski definition) is 0. The van der Waals surface area contributed by atoms with Gasteiger partial charge in [0.15, 0.2) is 0 Å². The molecule has 0 N–H and O–H groups in total. The van der Waals surface area contributed by atoms with Crippen molar-refractivity contribution in [2.24, 2.45) is 4.99 Å². The van der Waals surface area contributed by atoms with Gasteiger partial charge in [-0.2, -0.15) is 5.26 Å². The van der Waals surface area contributed by atoms with Gasteiger partial charge in [-0.15, -0.1) is 0 Å². The summed E-state index contributed by atoms with van der Waals surface area (Å²) in [5, 5.41) is 11.2. The van der Waals surface area contributed by atoms with Crippen LogP contribution in [0.15, 0.2) is 71.7 Å². The molecule has 11 heteroatoms. The summed E-state index contributed by atoms with van der Waals surface area (Å²) in [6, 6.07) is 21.9. The van der Waals surface area contributed by atoms with Crippen LogP contribution in [0.5, 0.6) is 5.75 Å². The first-order chi connectivity index (χ1) is 22.4. The highest BCUT2D eigenvalue weighted by molar-refractivity contribution is 6.30. The normalized spacial score (nSPS) is 18.5. The van der Waals surface area contributed by atoms with Crippen molar-refractivity contribution in [1.82, 2.24) is 19.6 Å². The van der Waals surface area contributed by atoms with Crippen LogP contribution in [-0.2, 0) is 10.2 Å². The van der Waals surface area contributed by atoms with Gasteiger partial charge in [-0.3, -0.25) is 19.6 Å². The third kappa shape index (κ3) is 7.41. The molecule has 1 fully saturated rings. The average molecular weight is 676 g/mol. The molecule has 3 amide bonds. The number of carbonyl (C=O) groups excluding carboxylic acids is 2. The van der Waals surface area contributed by atoms with E-state index in [0.717, 1.165) is 16.7 Å². The predicted octanol–water partition coefficient (Wildman–Crippen LogP) is 6.56. The van der Waals surface area contributed by atoms with Crippen LogP contribution < -0.4 is 4.74 Å². The van der Waals surface area contributed by atoms with Gasteiger partial charge >= 0.3 is 6.03 Å². The first-order valence-electron chi connectivity index (χ1n) is 15.7. The standard InChI is InChI=1S/C36H40Cl2N6O3/c1-6-47-30-16-11-26(36(2,3)23-39)21-29(30)34-40-32(24-7-12-27(37)13-8-24)33(25-9-14-28(38)15-10-25)44(34)35(46)43-19-17-42(18-20-43)22-31(45)41(4)5/h7-16,21,32-33H,6,17-20,22H2,1-5H3/t32-,33+/m0/s1. The van der Waals surface area contributed by atoms with Crippen molar-refractivity contribution < 1.29 is 14.3 Å². The van der Waals surface area contributed by atoms with E-state index in [2.05, 4.69) is 11.0 Å². The minimum Gasteiger partial charge on any atom is -0.493 e. The quantitative estimate of drug-likeness (QED) is 0.270. The van der Waals surface area contributed by atoms with Crippen molar-refractivity contribution in [2.45, 2.75) is 38.3 Å². The zero-order valence-corrected chi connectivity index (χ0v) is 28.9. The number of piperazine rings is 1. The lowest BCUT2D eigenvalue weighted by molar-refractivity contribution is -0.130. The molecule has 0 bridgehead atoms. The summed E-state index contributed by atoms with van der Waals surface area (Å²) in [5.41, 5.74) is 2.38. The largest absolute Gasteiger partial charge is 0.493 e. The molecule has 0 aliphatic carbocycles. The molecular formula is C36H40Cl2N6O3. The molecule has 0 unspecified atom stereocenters. The van der Waals surface area contributed by atoms with Crippen molar-refractivity contribution in [3.05, 3.63) is 99.0 Å². The highest BCUT2D eigenvalue weighted by Crippen LogP contribution is 2.46. The molecule has 2 heterocycles. The number of ether oxygens (including phenoxy) is 1.